The Hall–Kier alpha value is -1.26. The van der Waals surface area contributed by atoms with Gasteiger partial charge in [-0.25, -0.2) is 0 Å². The summed E-state index contributed by atoms with van der Waals surface area (Å²) in [5.41, 5.74) is 5.38. The van der Waals surface area contributed by atoms with E-state index >= 15 is 0 Å². The lowest BCUT2D eigenvalue weighted by Crippen LogP contribution is -2.42. The molecule has 116 valence electrons. The third-order valence-electron chi connectivity index (χ3n) is 5.12. The number of aromatic nitrogens is 1. The molecule has 4 heteroatoms. The van der Waals surface area contributed by atoms with E-state index in [1.165, 1.54) is 48.3 Å². The number of para-hydroxylation sites is 1. The van der Waals surface area contributed by atoms with Gasteiger partial charge in [0.05, 0.1) is 16.9 Å². The van der Waals surface area contributed by atoms with Gasteiger partial charge in [-0.2, -0.15) is 11.8 Å². The number of thioether (sulfide) groups is 1. The van der Waals surface area contributed by atoms with E-state index < -0.39 is 0 Å². The Labute approximate surface area is 136 Å². The Morgan fingerprint density at radius 2 is 1.95 bits per heavy atom. The fourth-order valence-electron chi connectivity index (χ4n) is 3.77. The predicted octanol–water partition coefficient (Wildman–Crippen LogP) is 3.51. The zero-order chi connectivity index (χ0) is 15.1. The van der Waals surface area contributed by atoms with Gasteiger partial charge in [-0.15, -0.1) is 0 Å². The second-order valence-corrected chi connectivity index (χ2v) is 7.53. The van der Waals surface area contributed by atoms with Crippen molar-refractivity contribution in [1.82, 2.24) is 9.88 Å². The van der Waals surface area contributed by atoms with Gasteiger partial charge < -0.3 is 9.80 Å². The molecule has 0 unspecified atom stereocenters. The Morgan fingerprint density at radius 1 is 1.18 bits per heavy atom. The average molecular weight is 313 g/mol. The smallest absolute Gasteiger partial charge is 0.0726 e. The van der Waals surface area contributed by atoms with E-state index in [1.807, 2.05) is 11.8 Å². The summed E-state index contributed by atoms with van der Waals surface area (Å²) in [7, 11) is 4.52. The molecule has 4 rings (SSSR count). The summed E-state index contributed by atoms with van der Waals surface area (Å²) in [5, 5.41) is 1.32. The number of anilines is 1. The van der Waals surface area contributed by atoms with Crippen molar-refractivity contribution in [2.75, 3.05) is 32.1 Å². The van der Waals surface area contributed by atoms with E-state index in [-0.39, 0.29) is 0 Å². The van der Waals surface area contributed by atoms with Gasteiger partial charge in [0.15, 0.2) is 0 Å². The molecule has 2 aromatic rings. The number of fused-ring (bicyclic) bond motifs is 2. The molecule has 2 aliphatic heterocycles. The van der Waals surface area contributed by atoms with Crippen LogP contribution in [0.2, 0.25) is 0 Å². The fraction of sp³-hybridized carbons (Fsp3) is 0.500. The lowest BCUT2D eigenvalue weighted by atomic mass is 10.00. The topological polar surface area (TPSA) is 19.4 Å². The van der Waals surface area contributed by atoms with Crippen molar-refractivity contribution >= 4 is 28.4 Å². The molecule has 1 fully saturated rings. The van der Waals surface area contributed by atoms with Crippen molar-refractivity contribution in [3.8, 4) is 0 Å². The minimum atomic E-state index is 0.650. The molecule has 2 aliphatic rings. The number of rotatable bonds is 2. The van der Waals surface area contributed by atoms with Crippen LogP contribution in [0.15, 0.2) is 24.3 Å². The first-order valence-electron chi connectivity index (χ1n) is 8.13. The van der Waals surface area contributed by atoms with Crippen LogP contribution in [0.5, 0.6) is 0 Å². The number of likely N-dealkylation sites (tertiary alicyclic amines) is 1. The highest BCUT2D eigenvalue weighted by molar-refractivity contribution is 7.98. The van der Waals surface area contributed by atoms with E-state index in [2.05, 4.69) is 48.2 Å². The number of benzene rings is 1. The van der Waals surface area contributed by atoms with E-state index in [0.717, 1.165) is 17.0 Å². The van der Waals surface area contributed by atoms with Gasteiger partial charge >= 0.3 is 0 Å². The molecule has 0 bridgehead atoms. The number of nitrogens with zero attached hydrogens (tertiary/aromatic N) is 3. The fourth-order valence-corrected chi connectivity index (χ4v) is 4.81. The van der Waals surface area contributed by atoms with Gasteiger partial charge in [0.25, 0.3) is 0 Å². The first-order valence-corrected chi connectivity index (χ1v) is 9.29. The molecule has 1 aromatic heterocycles. The molecule has 0 N–H and O–H groups in total. The first-order chi connectivity index (χ1) is 10.7. The number of hydrogen-bond acceptors (Lipinski definition) is 4. The number of piperidine rings is 1. The predicted molar refractivity (Wildman–Crippen MR) is 95.7 cm³/mol. The van der Waals surface area contributed by atoms with Crippen molar-refractivity contribution in [3.63, 3.8) is 0 Å². The van der Waals surface area contributed by atoms with Gasteiger partial charge in [-0.05, 0) is 39.0 Å². The van der Waals surface area contributed by atoms with Crippen LogP contribution in [0.3, 0.4) is 0 Å². The zero-order valence-electron chi connectivity index (χ0n) is 13.4. The average Bonchev–Trinajstić information content (AvgIpc) is 3.00. The molecule has 3 nitrogen and oxygen atoms in total. The summed E-state index contributed by atoms with van der Waals surface area (Å²) in [6.07, 6.45) is 2.51. The maximum Gasteiger partial charge on any atom is 0.0726 e. The van der Waals surface area contributed by atoms with Gasteiger partial charge in [-0.3, -0.25) is 4.98 Å². The van der Waals surface area contributed by atoms with E-state index in [0.29, 0.717) is 6.04 Å². The maximum absolute atomic E-state index is 4.90. The van der Waals surface area contributed by atoms with Crippen LogP contribution in [0.25, 0.3) is 10.9 Å². The Morgan fingerprint density at radius 3 is 2.77 bits per heavy atom. The summed E-state index contributed by atoms with van der Waals surface area (Å²) in [5.74, 6) is 2.17. The second-order valence-electron chi connectivity index (χ2n) is 6.54. The number of hydrogen-bond donors (Lipinski definition) is 0. The lowest BCUT2D eigenvalue weighted by Gasteiger charge is -2.37. The Balaban J connectivity index is 1.80. The van der Waals surface area contributed by atoms with Crippen LogP contribution >= 0.6 is 11.8 Å². The maximum atomic E-state index is 4.90. The summed E-state index contributed by atoms with van der Waals surface area (Å²) in [6.45, 7) is 2.41. The normalized spacial score (nSPS) is 19.5. The molecule has 3 heterocycles. The van der Waals surface area contributed by atoms with Crippen molar-refractivity contribution in [2.45, 2.75) is 30.4 Å². The standard InChI is InChI=1S/C18H23N3S/c1-20-9-7-13(8-10-20)21(2)18-14-5-3-4-6-16(14)19-17-12-22-11-15(17)18/h3-6,13H,7-12H2,1-2H3. The molecule has 22 heavy (non-hydrogen) atoms. The quantitative estimate of drug-likeness (QED) is 0.844. The summed E-state index contributed by atoms with van der Waals surface area (Å²) >= 11 is 1.99. The summed E-state index contributed by atoms with van der Waals surface area (Å²) in [6, 6.07) is 9.29. The number of pyridine rings is 1. The van der Waals surface area contributed by atoms with Crippen LogP contribution < -0.4 is 4.90 Å². The van der Waals surface area contributed by atoms with E-state index in [4.69, 9.17) is 4.98 Å². The van der Waals surface area contributed by atoms with Crippen LogP contribution in [0, 0.1) is 0 Å². The molecule has 1 aromatic carbocycles. The van der Waals surface area contributed by atoms with E-state index in [1.54, 1.807) is 0 Å². The van der Waals surface area contributed by atoms with Crippen molar-refractivity contribution in [2.24, 2.45) is 0 Å². The highest BCUT2D eigenvalue weighted by Crippen LogP contribution is 2.40. The Bertz CT molecular complexity index is 692. The second kappa shape index (κ2) is 5.74. The molecule has 0 radical (unpaired) electrons. The van der Waals surface area contributed by atoms with Crippen molar-refractivity contribution in [3.05, 3.63) is 35.5 Å². The van der Waals surface area contributed by atoms with Crippen molar-refractivity contribution < 1.29 is 0 Å². The van der Waals surface area contributed by atoms with Crippen LogP contribution in [-0.4, -0.2) is 43.1 Å². The minimum absolute atomic E-state index is 0.650. The molecular formula is C18H23N3S. The van der Waals surface area contributed by atoms with Gasteiger partial charge in [0, 0.05) is 35.5 Å². The molecule has 0 aliphatic carbocycles. The zero-order valence-corrected chi connectivity index (χ0v) is 14.2. The van der Waals surface area contributed by atoms with E-state index in [9.17, 15) is 0 Å². The summed E-state index contributed by atoms with van der Waals surface area (Å²) < 4.78 is 0. The van der Waals surface area contributed by atoms with Gasteiger partial charge in [0.1, 0.15) is 0 Å². The highest BCUT2D eigenvalue weighted by Gasteiger charge is 2.27. The lowest BCUT2D eigenvalue weighted by molar-refractivity contribution is 0.253. The Kier molecular flexibility index (Phi) is 3.74. The molecule has 0 amide bonds. The van der Waals surface area contributed by atoms with Crippen LogP contribution in [-0.2, 0) is 11.5 Å². The molecule has 0 atom stereocenters. The molecule has 0 saturated carbocycles. The van der Waals surface area contributed by atoms with Gasteiger partial charge in [0.2, 0.25) is 0 Å². The SMILES string of the molecule is CN1CCC(N(C)c2c3c(nc4ccccc24)CSC3)CC1. The molecule has 1 saturated heterocycles. The van der Waals surface area contributed by atoms with Crippen LogP contribution in [0.4, 0.5) is 5.69 Å². The minimum Gasteiger partial charge on any atom is -0.371 e. The molecular weight excluding hydrogens is 290 g/mol. The van der Waals surface area contributed by atoms with Crippen LogP contribution in [0.1, 0.15) is 24.1 Å². The monoisotopic (exact) mass is 313 g/mol. The van der Waals surface area contributed by atoms with Gasteiger partial charge in [-0.1, -0.05) is 18.2 Å². The summed E-state index contributed by atoms with van der Waals surface area (Å²) in [4.78, 5) is 9.90. The first kappa shape index (κ1) is 14.3. The molecule has 0 spiro atoms. The van der Waals surface area contributed by atoms with Crippen molar-refractivity contribution in [1.29, 1.82) is 0 Å². The third kappa shape index (κ3) is 2.38. The highest BCUT2D eigenvalue weighted by atomic mass is 32.2. The third-order valence-corrected chi connectivity index (χ3v) is 6.09. The largest absolute Gasteiger partial charge is 0.371 e.